The molecule has 1 rings (SSSR count). The molecule has 0 fully saturated rings. The molecule has 0 aliphatic rings. The van der Waals surface area contributed by atoms with Crippen LogP contribution in [0.25, 0.3) is 0 Å². The highest BCUT2D eigenvalue weighted by Crippen LogP contribution is 2.28. The van der Waals surface area contributed by atoms with Crippen LogP contribution in [-0.4, -0.2) is 23.8 Å². The monoisotopic (exact) mass is 366 g/mol. The first-order valence-corrected chi connectivity index (χ1v) is 6.40. The summed E-state index contributed by atoms with van der Waals surface area (Å²) in [5, 5.41) is 0. The Morgan fingerprint density at radius 3 is 2.76 bits per heavy atom. The van der Waals surface area contributed by atoms with Crippen LogP contribution in [-0.2, 0) is 4.74 Å². The maximum Gasteiger partial charge on any atom is 0.404 e. The highest BCUT2D eigenvalue weighted by atomic mass is 79.9. The first-order chi connectivity index (χ1) is 7.90. The van der Waals surface area contributed by atoms with Crippen LogP contribution in [0.15, 0.2) is 15.0 Å². The van der Waals surface area contributed by atoms with E-state index in [4.69, 9.17) is 15.2 Å². The fourth-order valence-corrected chi connectivity index (χ4v) is 2.12. The van der Waals surface area contributed by atoms with Gasteiger partial charge >= 0.3 is 6.09 Å². The van der Waals surface area contributed by atoms with Crippen molar-refractivity contribution in [2.24, 2.45) is 5.73 Å². The van der Waals surface area contributed by atoms with Crippen LogP contribution in [0, 0.1) is 6.92 Å². The molecular formula is C10H12Br2N2O3. The number of amides is 1. The Kier molecular flexibility index (Phi) is 5.20. The molecule has 0 saturated heterocycles. The normalized spacial score (nSPS) is 12.0. The first-order valence-electron chi connectivity index (χ1n) is 4.81. The molecule has 2 N–H and O–H groups in total. The lowest BCUT2D eigenvalue weighted by Gasteiger charge is -2.13. The van der Waals surface area contributed by atoms with Crippen LogP contribution >= 0.6 is 31.9 Å². The summed E-state index contributed by atoms with van der Waals surface area (Å²) in [6, 6.07) is 1.84. The van der Waals surface area contributed by atoms with Crippen molar-refractivity contribution in [3.8, 4) is 5.88 Å². The van der Waals surface area contributed by atoms with E-state index >= 15 is 0 Å². The number of nitrogens with zero attached hydrogens (tertiary/aromatic N) is 1. The molecule has 0 aromatic carbocycles. The molecule has 1 amide bonds. The third-order valence-corrected chi connectivity index (χ3v) is 3.22. The van der Waals surface area contributed by atoms with E-state index < -0.39 is 12.2 Å². The quantitative estimate of drug-likeness (QED) is 0.887. The molecule has 17 heavy (non-hydrogen) atoms. The van der Waals surface area contributed by atoms with Crippen LogP contribution in [0.2, 0.25) is 0 Å². The standard InChI is InChI=1S/C10H12Br2N2O3/c1-5(17-10(13)15)4-16-9-8(12)3-7(11)6(2)14-9/h3,5H,4H2,1-2H3,(H2,13,15)/t5-/m0/s1. The van der Waals surface area contributed by atoms with Crippen molar-refractivity contribution in [3.63, 3.8) is 0 Å². The molecule has 0 bridgehead atoms. The predicted octanol–water partition coefficient (Wildman–Crippen LogP) is 2.78. The van der Waals surface area contributed by atoms with Gasteiger partial charge in [-0.1, -0.05) is 0 Å². The van der Waals surface area contributed by atoms with E-state index in [1.165, 1.54) is 0 Å². The van der Waals surface area contributed by atoms with E-state index in [9.17, 15) is 4.79 Å². The number of carbonyl (C=O) groups excluding carboxylic acids is 1. The fraction of sp³-hybridized carbons (Fsp3) is 0.400. The summed E-state index contributed by atoms with van der Waals surface area (Å²) in [4.78, 5) is 14.7. The molecule has 7 heteroatoms. The van der Waals surface area contributed by atoms with Gasteiger partial charge in [0.1, 0.15) is 12.7 Å². The van der Waals surface area contributed by atoms with Crippen LogP contribution in [0.5, 0.6) is 5.88 Å². The number of hydrogen-bond acceptors (Lipinski definition) is 4. The molecule has 1 aromatic rings. The van der Waals surface area contributed by atoms with Crippen LogP contribution in [0.3, 0.4) is 0 Å². The van der Waals surface area contributed by atoms with Crippen molar-refractivity contribution in [1.29, 1.82) is 0 Å². The number of aryl methyl sites for hydroxylation is 1. The third-order valence-electron chi connectivity index (χ3n) is 1.84. The smallest absolute Gasteiger partial charge is 0.404 e. The van der Waals surface area contributed by atoms with Gasteiger partial charge in [0, 0.05) is 4.47 Å². The second-order valence-corrected chi connectivity index (χ2v) is 5.11. The number of rotatable bonds is 4. The largest absolute Gasteiger partial charge is 0.473 e. The minimum absolute atomic E-state index is 0.190. The predicted molar refractivity (Wildman–Crippen MR) is 70.0 cm³/mol. The number of primary amides is 1. The summed E-state index contributed by atoms with van der Waals surface area (Å²) < 4.78 is 11.8. The van der Waals surface area contributed by atoms with Gasteiger partial charge in [0.2, 0.25) is 5.88 Å². The van der Waals surface area contributed by atoms with Gasteiger partial charge in [0.15, 0.2) is 0 Å². The second kappa shape index (κ2) is 6.20. The molecule has 94 valence electrons. The Bertz CT molecular complexity index is 426. The van der Waals surface area contributed by atoms with Gasteiger partial charge in [-0.15, -0.1) is 0 Å². The Morgan fingerprint density at radius 2 is 2.18 bits per heavy atom. The van der Waals surface area contributed by atoms with Gasteiger partial charge in [-0.25, -0.2) is 9.78 Å². The number of halogens is 2. The highest BCUT2D eigenvalue weighted by molar-refractivity contribution is 9.11. The zero-order valence-electron chi connectivity index (χ0n) is 9.37. The van der Waals surface area contributed by atoms with Crippen LogP contribution in [0.4, 0.5) is 4.79 Å². The Morgan fingerprint density at radius 1 is 1.53 bits per heavy atom. The Hall–Kier alpha value is -0.820. The van der Waals surface area contributed by atoms with E-state index in [2.05, 4.69) is 36.8 Å². The Labute approximate surface area is 116 Å². The van der Waals surface area contributed by atoms with E-state index in [-0.39, 0.29) is 6.61 Å². The van der Waals surface area contributed by atoms with Crippen molar-refractivity contribution in [1.82, 2.24) is 4.98 Å². The van der Waals surface area contributed by atoms with Crippen molar-refractivity contribution in [2.75, 3.05) is 6.61 Å². The molecule has 1 aromatic heterocycles. The van der Waals surface area contributed by atoms with Crippen molar-refractivity contribution >= 4 is 38.0 Å². The summed E-state index contributed by atoms with van der Waals surface area (Å²) >= 11 is 6.69. The number of ether oxygens (including phenoxy) is 2. The zero-order valence-corrected chi connectivity index (χ0v) is 12.5. The molecular weight excluding hydrogens is 356 g/mol. The lowest BCUT2D eigenvalue weighted by Crippen LogP contribution is -2.25. The molecule has 0 aliphatic heterocycles. The van der Waals surface area contributed by atoms with Gasteiger partial charge in [0.25, 0.3) is 0 Å². The van der Waals surface area contributed by atoms with Crippen molar-refractivity contribution < 1.29 is 14.3 Å². The van der Waals surface area contributed by atoms with Gasteiger partial charge in [-0.3, -0.25) is 0 Å². The number of pyridine rings is 1. The number of aromatic nitrogens is 1. The van der Waals surface area contributed by atoms with Crippen LogP contribution < -0.4 is 10.5 Å². The van der Waals surface area contributed by atoms with E-state index in [1.54, 1.807) is 6.92 Å². The molecule has 0 saturated carbocycles. The van der Waals surface area contributed by atoms with E-state index in [0.29, 0.717) is 5.88 Å². The van der Waals surface area contributed by atoms with Gasteiger partial charge in [0.05, 0.1) is 10.2 Å². The summed E-state index contributed by atoms with van der Waals surface area (Å²) in [5.41, 5.74) is 5.70. The third kappa shape index (κ3) is 4.51. The average molecular weight is 368 g/mol. The summed E-state index contributed by atoms with van der Waals surface area (Å²) in [7, 11) is 0. The highest BCUT2D eigenvalue weighted by Gasteiger charge is 2.11. The fourth-order valence-electron chi connectivity index (χ4n) is 1.07. The first kappa shape index (κ1) is 14.2. The second-order valence-electron chi connectivity index (χ2n) is 3.40. The molecule has 0 aliphatic carbocycles. The SMILES string of the molecule is Cc1nc(OC[C@H](C)OC(N)=O)c(Br)cc1Br. The summed E-state index contributed by atoms with van der Waals surface area (Å²) in [6.45, 7) is 3.73. The minimum atomic E-state index is -0.819. The number of nitrogens with two attached hydrogens (primary N) is 1. The van der Waals surface area contributed by atoms with Crippen LogP contribution in [0.1, 0.15) is 12.6 Å². The molecule has 5 nitrogen and oxygen atoms in total. The maximum atomic E-state index is 10.5. The lowest BCUT2D eigenvalue weighted by molar-refractivity contribution is 0.0805. The summed E-state index contributed by atoms with van der Waals surface area (Å²) in [5.74, 6) is 0.450. The minimum Gasteiger partial charge on any atom is -0.473 e. The van der Waals surface area contributed by atoms with E-state index in [0.717, 1.165) is 14.6 Å². The average Bonchev–Trinajstić information content (AvgIpc) is 2.20. The molecule has 1 heterocycles. The zero-order chi connectivity index (χ0) is 13.0. The molecule has 1 atom stereocenters. The van der Waals surface area contributed by atoms with Gasteiger partial charge in [-0.2, -0.15) is 0 Å². The number of hydrogen-bond donors (Lipinski definition) is 1. The van der Waals surface area contributed by atoms with Crippen molar-refractivity contribution in [2.45, 2.75) is 20.0 Å². The lowest BCUT2D eigenvalue weighted by atomic mass is 10.4. The van der Waals surface area contributed by atoms with Gasteiger partial charge in [-0.05, 0) is 51.8 Å². The van der Waals surface area contributed by atoms with E-state index in [1.807, 2.05) is 13.0 Å². The molecule has 0 spiro atoms. The topological polar surface area (TPSA) is 74.4 Å². The van der Waals surface area contributed by atoms with Gasteiger partial charge < -0.3 is 15.2 Å². The molecule has 0 unspecified atom stereocenters. The Balaban J connectivity index is 2.63. The molecule has 0 radical (unpaired) electrons. The summed E-state index contributed by atoms with van der Waals surface area (Å²) in [6.07, 6.45) is -1.25. The van der Waals surface area contributed by atoms with Crippen molar-refractivity contribution in [3.05, 3.63) is 20.7 Å². The maximum absolute atomic E-state index is 10.5. The number of carbonyl (C=O) groups is 1.